The number of rotatable bonds is 4. The Morgan fingerprint density at radius 2 is 2.00 bits per heavy atom. The highest BCUT2D eigenvalue weighted by molar-refractivity contribution is 5.80. The molecule has 2 nitrogen and oxygen atoms in total. The summed E-state index contributed by atoms with van der Waals surface area (Å²) in [5.41, 5.74) is 2.93. The van der Waals surface area contributed by atoms with E-state index in [4.69, 9.17) is 0 Å². The van der Waals surface area contributed by atoms with Crippen molar-refractivity contribution >= 4 is 5.91 Å². The molecule has 0 bridgehead atoms. The Morgan fingerprint density at radius 3 is 2.38 bits per heavy atom. The van der Waals surface area contributed by atoms with Crippen LogP contribution in [0.5, 0.6) is 0 Å². The van der Waals surface area contributed by atoms with Crippen molar-refractivity contribution in [3.05, 3.63) is 17.9 Å². The van der Waals surface area contributed by atoms with Gasteiger partial charge in [0.25, 0.3) is 0 Å². The lowest BCUT2D eigenvalue weighted by Gasteiger charge is -2.20. The number of amides is 1. The summed E-state index contributed by atoms with van der Waals surface area (Å²) >= 11 is 0. The maximum absolute atomic E-state index is 11.7. The minimum atomic E-state index is -0.0592. The van der Waals surface area contributed by atoms with Gasteiger partial charge in [0, 0.05) is 13.1 Å². The highest BCUT2D eigenvalue weighted by Gasteiger charge is 2.14. The zero-order valence-electron chi connectivity index (χ0n) is 9.00. The average Bonchev–Trinajstić information content (AvgIpc) is 2.15. The molecule has 74 valence electrons. The summed E-state index contributed by atoms with van der Waals surface area (Å²) in [5, 5.41) is 0. The first-order chi connectivity index (χ1) is 6.17. The molecule has 0 aliphatic carbocycles. The molecular weight excluding hydrogens is 162 g/mol. The second-order valence-electron chi connectivity index (χ2n) is 2.92. The molecular formula is C11H19NO. The van der Waals surface area contributed by atoms with E-state index in [0.717, 1.165) is 13.1 Å². The zero-order chi connectivity index (χ0) is 10.3. The van der Waals surface area contributed by atoms with E-state index in [9.17, 15) is 4.79 Å². The van der Waals surface area contributed by atoms with Crippen molar-refractivity contribution in [1.29, 1.82) is 0 Å². The van der Waals surface area contributed by atoms with Gasteiger partial charge in [-0.3, -0.25) is 4.79 Å². The molecule has 0 saturated carbocycles. The van der Waals surface area contributed by atoms with E-state index in [2.05, 4.69) is 5.73 Å². The normalized spacial score (nSPS) is 11.4. The third-order valence-corrected chi connectivity index (χ3v) is 1.98. The molecule has 1 atom stereocenters. The van der Waals surface area contributed by atoms with Crippen LogP contribution in [0.3, 0.4) is 0 Å². The average molecular weight is 181 g/mol. The number of carbonyl (C=O) groups is 1. The number of hydrogen-bond acceptors (Lipinski definition) is 1. The first kappa shape index (κ1) is 12.0. The van der Waals surface area contributed by atoms with Gasteiger partial charge in [0.1, 0.15) is 0 Å². The first-order valence-electron chi connectivity index (χ1n) is 4.83. The van der Waals surface area contributed by atoms with Crippen molar-refractivity contribution in [3.8, 4) is 0 Å². The van der Waals surface area contributed by atoms with Gasteiger partial charge < -0.3 is 4.90 Å². The molecule has 0 fully saturated rings. The third-order valence-electron chi connectivity index (χ3n) is 1.98. The summed E-state index contributed by atoms with van der Waals surface area (Å²) in [6.45, 7) is 9.34. The quantitative estimate of drug-likeness (QED) is 0.609. The number of hydrogen-bond donors (Lipinski definition) is 0. The van der Waals surface area contributed by atoms with E-state index in [0.29, 0.717) is 0 Å². The van der Waals surface area contributed by atoms with Gasteiger partial charge in [0.05, 0.1) is 5.92 Å². The van der Waals surface area contributed by atoms with E-state index in [1.807, 2.05) is 38.7 Å². The molecule has 0 N–H and O–H groups in total. The molecule has 0 rings (SSSR count). The zero-order valence-corrected chi connectivity index (χ0v) is 9.00. The SMILES string of the molecule is CC=C=CC(C)C(=O)N(CC)CC. The van der Waals surface area contributed by atoms with E-state index >= 15 is 0 Å². The summed E-state index contributed by atoms with van der Waals surface area (Å²) < 4.78 is 0. The van der Waals surface area contributed by atoms with Crippen molar-refractivity contribution < 1.29 is 4.79 Å². The van der Waals surface area contributed by atoms with Gasteiger partial charge in [-0.1, -0.05) is 0 Å². The van der Waals surface area contributed by atoms with Crippen molar-refractivity contribution in [1.82, 2.24) is 4.90 Å². The van der Waals surface area contributed by atoms with Gasteiger partial charge in [-0.05, 0) is 39.8 Å². The largest absolute Gasteiger partial charge is 0.343 e. The Labute approximate surface area is 80.9 Å². The summed E-state index contributed by atoms with van der Waals surface area (Å²) in [7, 11) is 0. The Kier molecular flexibility index (Phi) is 5.99. The summed E-state index contributed by atoms with van der Waals surface area (Å²) in [4.78, 5) is 13.5. The van der Waals surface area contributed by atoms with Crippen molar-refractivity contribution in [2.24, 2.45) is 5.92 Å². The van der Waals surface area contributed by atoms with E-state index in [-0.39, 0.29) is 11.8 Å². The lowest BCUT2D eigenvalue weighted by molar-refractivity contribution is -0.133. The Balaban J connectivity index is 4.31. The van der Waals surface area contributed by atoms with Crippen molar-refractivity contribution in [2.75, 3.05) is 13.1 Å². The molecule has 0 aromatic heterocycles. The van der Waals surface area contributed by atoms with E-state index in [1.165, 1.54) is 0 Å². The Morgan fingerprint density at radius 1 is 1.46 bits per heavy atom. The van der Waals surface area contributed by atoms with Gasteiger partial charge in [-0.15, -0.1) is 5.73 Å². The second kappa shape index (κ2) is 6.50. The molecule has 0 aliphatic heterocycles. The highest BCUT2D eigenvalue weighted by atomic mass is 16.2. The summed E-state index contributed by atoms with van der Waals surface area (Å²) in [6, 6.07) is 0. The smallest absolute Gasteiger partial charge is 0.229 e. The molecule has 0 aromatic rings. The second-order valence-corrected chi connectivity index (χ2v) is 2.92. The Hall–Kier alpha value is -1.01. The van der Waals surface area contributed by atoms with Crippen LogP contribution in [0, 0.1) is 5.92 Å². The standard InChI is InChI=1S/C11H19NO/c1-5-8-9-10(4)11(13)12(6-2)7-3/h5,9-10H,6-7H2,1-4H3. The van der Waals surface area contributed by atoms with Crippen molar-refractivity contribution in [3.63, 3.8) is 0 Å². The molecule has 0 heterocycles. The first-order valence-corrected chi connectivity index (χ1v) is 4.83. The minimum absolute atomic E-state index is 0.0592. The van der Waals surface area contributed by atoms with Crippen LogP contribution in [0.15, 0.2) is 17.9 Å². The maximum atomic E-state index is 11.7. The van der Waals surface area contributed by atoms with Crippen LogP contribution < -0.4 is 0 Å². The predicted octanol–water partition coefficient (Wildman–Crippen LogP) is 2.22. The van der Waals surface area contributed by atoms with Gasteiger partial charge in [-0.2, -0.15) is 0 Å². The number of carbonyl (C=O) groups excluding carboxylic acids is 1. The van der Waals surface area contributed by atoms with Gasteiger partial charge in [0.2, 0.25) is 5.91 Å². The van der Waals surface area contributed by atoms with Crippen LogP contribution in [-0.2, 0) is 4.79 Å². The topological polar surface area (TPSA) is 20.3 Å². The molecule has 0 saturated heterocycles. The fourth-order valence-electron chi connectivity index (χ4n) is 1.14. The van der Waals surface area contributed by atoms with Crippen LogP contribution in [-0.4, -0.2) is 23.9 Å². The molecule has 2 heteroatoms. The molecule has 1 amide bonds. The van der Waals surface area contributed by atoms with Gasteiger partial charge in [0.15, 0.2) is 0 Å². The van der Waals surface area contributed by atoms with E-state index < -0.39 is 0 Å². The molecule has 0 radical (unpaired) electrons. The third kappa shape index (κ3) is 3.95. The van der Waals surface area contributed by atoms with Crippen LogP contribution in [0.25, 0.3) is 0 Å². The van der Waals surface area contributed by atoms with E-state index in [1.54, 1.807) is 6.08 Å². The van der Waals surface area contributed by atoms with Crippen LogP contribution in [0.2, 0.25) is 0 Å². The number of nitrogens with zero attached hydrogens (tertiary/aromatic N) is 1. The lowest BCUT2D eigenvalue weighted by atomic mass is 10.1. The van der Waals surface area contributed by atoms with Crippen LogP contribution in [0.4, 0.5) is 0 Å². The molecule has 13 heavy (non-hydrogen) atoms. The van der Waals surface area contributed by atoms with Crippen molar-refractivity contribution in [2.45, 2.75) is 27.7 Å². The summed E-state index contributed by atoms with van der Waals surface area (Å²) in [6.07, 6.45) is 3.62. The molecule has 0 aromatic carbocycles. The maximum Gasteiger partial charge on any atom is 0.229 e. The molecule has 0 aliphatic rings. The van der Waals surface area contributed by atoms with Gasteiger partial charge in [-0.25, -0.2) is 0 Å². The lowest BCUT2D eigenvalue weighted by Crippen LogP contribution is -2.34. The fraction of sp³-hybridized carbons (Fsp3) is 0.636. The predicted molar refractivity (Wildman–Crippen MR) is 55.4 cm³/mol. The van der Waals surface area contributed by atoms with Gasteiger partial charge >= 0.3 is 0 Å². The Bertz CT molecular complexity index is 210. The fourth-order valence-corrected chi connectivity index (χ4v) is 1.14. The summed E-state index contributed by atoms with van der Waals surface area (Å²) in [5.74, 6) is 0.121. The van der Waals surface area contributed by atoms with Crippen LogP contribution >= 0.6 is 0 Å². The highest BCUT2D eigenvalue weighted by Crippen LogP contribution is 2.03. The minimum Gasteiger partial charge on any atom is -0.343 e. The molecule has 0 spiro atoms. The molecule has 1 unspecified atom stereocenters. The monoisotopic (exact) mass is 181 g/mol. The van der Waals surface area contributed by atoms with Crippen LogP contribution in [0.1, 0.15) is 27.7 Å².